The number of nitrogens with one attached hydrogen (secondary N) is 1. The number of pyridine rings is 1. The van der Waals surface area contributed by atoms with E-state index in [-0.39, 0.29) is 45.2 Å². The average molecular weight is 875 g/mol. The van der Waals surface area contributed by atoms with Crippen LogP contribution in [0.2, 0.25) is 5.02 Å². The molecule has 1 aliphatic carbocycles. The number of hydrogen-bond donors (Lipinski definition) is 2. The van der Waals surface area contributed by atoms with Crippen LogP contribution in [0.4, 0.5) is 45.2 Å². The van der Waals surface area contributed by atoms with Crippen LogP contribution in [-0.2, 0) is 47.1 Å². The van der Waals surface area contributed by atoms with Crippen LogP contribution in [0.5, 0.6) is 0 Å². The van der Waals surface area contributed by atoms with Crippen LogP contribution < -0.4 is 16.2 Å². The van der Waals surface area contributed by atoms with Gasteiger partial charge in [0.15, 0.2) is 5.69 Å². The third-order valence-electron chi connectivity index (χ3n) is 9.72. The third kappa shape index (κ3) is 10.2. The Morgan fingerprint density at radius 2 is 1.71 bits per heavy atom. The molecule has 0 aliphatic heterocycles. The van der Waals surface area contributed by atoms with Crippen molar-refractivity contribution in [3.8, 4) is 23.0 Å². The molecule has 2 aromatic carbocycles. The Morgan fingerprint density at radius 3 is 2.29 bits per heavy atom. The number of nitrogens with zero attached hydrogens (tertiary/aromatic N) is 4. The molecule has 318 valence electrons. The lowest BCUT2D eigenvalue weighted by Gasteiger charge is -2.29. The molecule has 19 heteroatoms. The van der Waals surface area contributed by atoms with Gasteiger partial charge in [0.1, 0.15) is 34.3 Å². The highest BCUT2D eigenvalue weighted by atomic mass is 35.5. The SMILES string of the molecule is CCc1c(Cl)ccc(-c2ccc(C#CC(C)(C)S(C)=O)nc2C(Cc2cc(F)cc(F)c2)NC(=O)Cn2nc(C(F)(F)F)c3c2C(F)(F)C[C@@H]3C)c1N(N)CC(C)(F)F. The van der Waals surface area contributed by atoms with Crippen LogP contribution in [-0.4, -0.2) is 48.4 Å². The first-order valence-electron chi connectivity index (χ1n) is 18.1. The molecule has 3 atom stereocenters. The van der Waals surface area contributed by atoms with Gasteiger partial charge < -0.3 is 10.3 Å². The van der Waals surface area contributed by atoms with Gasteiger partial charge in [-0.05, 0) is 80.0 Å². The molecule has 1 aliphatic rings. The number of aromatic nitrogens is 3. The zero-order valence-corrected chi connectivity index (χ0v) is 34.2. The first kappa shape index (κ1) is 45.5. The molecule has 2 unspecified atom stereocenters. The molecule has 0 bridgehead atoms. The van der Waals surface area contributed by atoms with Crippen molar-refractivity contribution in [2.45, 2.75) is 95.2 Å². The summed E-state index contributed by atoms with van der Waals surface area (Å²) in [7, 11) is -1.45. The fourth-order valence-corrected chi connectivity index (χ4v) is 7.47. The van der Waals surface area contributed by atoms with E-state index < -0.39 is 106 Å². The van der Waals surface area contributed by atoms with Crippen molar-refractivity contribution in [1.29, 1.82) is 0 Å². The molecule has 5 rings (SSSR count). The summed E-state index contributed by atoms with van der Waals surface area (Å²) in [4.78, 5) is 18.6. The number of carbonyl (C=O) groups is 1. The van der Waals surface area contributed by atoms with E-state index in [4.69, 9.17) is 17.4 Å². The Morgan fingerprint density at radius 1 is 1.08 bits per heavy atom. The van der Waals surface area contributed by atoms with Gasteiger partial charge in [-0.2, -0.15) is 27.1 Å². The summed E-state index contributed by atoms with van der Waals surface area (Å²) in [5.41, 5.74) is -2.84. The number of fused-ring (bicyclic) bond motifs is 1. The number of rotatable bonds is 12. The van der Waals surface area contributed by atoms with Crippen LogP contribution in [0.1, 0.15) is 92.5 Å². The Labute approximate surface area is 342 Å². The highest BCUT2D eigenvalue weighted by Gasteiger charge is 2.53. The molecule has 0 radical (unpaired) electrons. The number of nitrogens with two attached hydrogens (primary N) is 1. The van der Waals surface area contributed by atoms with Crippen LogP contribution in [0.25, 0.3) is 11.1 Å². The molecule has 0 saturated heterocycles. The van der Waals surface area contributed by atoms with Crippen LogP contribution in [0, 0.1) is 23.5 Å². The van der Waals surface area contributed by atoms with E-state index in [9.17, 15) is 39.7 Å². The topological polar surface area (TPSA) is 106 Å². The molecule has 59 heavy (non-hydrogen) atoms. The van der Waals surface area contributed by atoms with Crippen molar-refractivity contribution in [3.05, 3.63) is 98.6 Å². The van der Waals surface area contributed by atoms with Gasteiger partial charge >= 0.3 is 6.18 Å². The lowest BCUT2D eigenvalue weighted by Crippen LogP contribution is -2.41. The predicted octanol–water partition coefficient (Wildman–Crippen LogP) is 9.00. The molecular weight excluding hydrogens is 835 g/mol. The quantitative estimate of drug-likeness (QED) is 0.0638. The van der Waals surface area contributed by atoms with Gasteiger partial charge in [-0.3, -0.25) is 13.7 Å². The van der Waals surface area contributed by atoms with Gasteiger partial charge in [0.05, 0.1) is 24.0 Å². The smallest absolute Gasteiger partial charge is 0.346 e. The second kappa shape index (κ2) is 16.8. The van der Waals surface area contributed by atoms with Crippen LogP contribution in [0.3, 0.4) is 0 Å². The number of alkyl halides is 7. The number of hydrazine groups is 1. The Bertz CT molecular complexity index is 2330. The Kier molecular flexibility index (Phi) is 13.0. The number of anilines is 1. The summed E-state index contributed by atoms with van der Waals surface area (Å²) >= 11 is 6.53. The number of amides is 1. The van der Waals surface area contributed by atoms with Gasteiger partial charge in [-0.25, -0.2) is 28.4 Å². The van der Waals surface area contributed by atoms with E-state index in [0.29, 0.717) is 23.2 Å². The lowest BCUT2D eigenvalue weighted by molar-refractivity contribution is -0.142. The molecule has 0 spiro atoms. The van der Waals surface area contributed by atoms with Crippen LogP contribution >= 0.6 is 11.6 Å². The minimum Gasteiger partial charge on any atom is -0.346 e. The van der Waals surface area contributed by atoms with E-state index in [2.05, 4.69) is 27.2 Å². The highest BCUT2D eigenvalue weighted by molar-refractivity contribution is 7.85. The van der Waals surface area contributed by atoms with Gasteiger partial charge in [-0.15, -0.1) is 0 Å². The lowest BCUT2D eigenvalue weighted by atomic mass is 9.92. The maximum Gasteiger partial charge on any atom is 0.435 e. The summed E-state index contributed by atoms with van der Waals surface area (Å²) in [6.45, 7) is 4.64. The fourth-order valence-electron chi connectivity index (χ4n) is 6.99. The van der Waals surface area contributed by atoms with E-state index in [1.54, 1.807) is 20.8 Å². The van der Waals surface area contributed by atoms with Crippen molar-refractivity contribution in [3.63, 3.8) is 0 Å². The summed E-state index contributed by atoms with van der Waals surface area (Å²) in [5, 5.41) is 6.95. The Balaban J connectivity index is 1.75. The van der Waals surface area contributed by atoms with Gasteiger partial charge in [0.25, 0.3) is 11.8 Å². The molecular formula is C40H40ClF9N6O2S. The highest BCUT2D eigenvalue weighted by Crippen LogP contribution is 2.52. The maximum absolute atomic E-state index is 15.2. The van der Waals surface area contributed by atoms with E-state index in [1.165, 1.54) is 37.4 Å². The largest absolute Gasteiger partial charge is 0.435 e. The van der Waals surface area contributed by atoms with E-state index in [0.717, 1.165) is 17.1 Å². The first-order chi connectivity index (χ1) is 27.2. The number of carbonyl (C=O) groups excluding carboxylic acids is 1. The minimum atomic E-state index is -5.13. The molecule has 1 amide bonds. The van der Waals surface area contributed by atoms with Gasteiger partial charge in [-0.1, -0.05) is 37.4 Å². The first-order valence-corrected chi connectivity index (χ1v) is 20.1. The second-order valence-electron chi connectivity index (χ2n) is 15.0. The third-order valence-corrected chi connectivity index (χ3v) is 11.6. The van der Waals surface area contributed by atoms with Crippen molar-refractivity contribution in [2.75, 3.05) is 17.8 Å². The van der Waals surface area contributed by atoms with Crippen molar-refractivity contribution in [1.82, 2.24) is 20.1 Å². The molecule has 0 fully saturated rings. The second-order valence-corrected chi connectivity index (χ2v) is 17.3. The summed E-state index contributed by atoms with van der Waals surface area (Å²) in [6.07, 6.45) is -4.90. The van der Waals surface area contributed by atoms with Gasteiger partial charge in [0, 0.05) is 58.2 Å². The maximum atomic E-state index is 15.2. The Hall–Kier alpha value is -4.60. The number of halogens is 10. The molecule has 4 aromatic rings. The molecule has 0 saturated carbocycles. The van der Waals surface area contributed by atoms with Crippen molar-refractivity contribution < 1.29 is 48.5 Å². The molecule has 2 heterocycles. The number of hydrogen-bond acceptors (Lipinski definition) is 6. The monoisotopic (exact) mass is 874 g/mol. The zero-order chi connectivity index (χ0) is 44.0. The number of benzene rings is 2. The van der Waals surface area contributed by atoms with E-state index in [1.807, 2.05) is 0 Å². The normalized spacial score (nSPS) is 16.3. The standard InChI is InChI=1S/C40H40ClF9N6O2S/c1-7-26-29(41)11-10-28(34(26)55(51)20-38(5,44)45)27-9-8-25(12-13-37(3,4)59(6)58)52-33(27)30(16-22-14-23(42)17-24(43)15-22)53-31(57)19-56-36-32(21(2)18-39(36,46)47)35(54-56)40(48,49)50/h8-11,14-15,17,21,30H,7,16,18-20,51H2,1-6H3,(H,53,57)/t21-,30?,59?/m0/s1. The molecule has 8 nitrogen and oxygen atoms in total. The van der Waals surface area contributed by atoms with Crippen molar-refractivity contribution >= 4 is 34.0 Å². The minimum absolute atomic E-state index is 0.0243. The molecule has 2 aromatic heterocycles. The van der Waals surface area contributed by atoms with Gasteiger partial charge in [0.2, 0.25) is 5.91 Å². The van der Waals surface area contributed by atoms with E-state index >= 15 is 8.78 Å². The fraction of sp³-hybridized carbons (Fsp3) is 0.425. The summed E-state index contributed by atoms with van der Waals surface area (Å²) in [5.74, 6) is 0.523. The molecule has 3 N–H and O–H groups in total. The zero-order valence-electron chi connectivity index (χ0n) is 32.6. The van der Waals surface area contributed by atoms with Crippen molar-refractivity contribution in [2.24, 2.45) is 5.84 Å². The summed E-state index contributed by atoms with van der Waals surface area (Å²) < 4.78 is 142. The average Bonchev–Trinajstić information content (AvgIpc) is 3.60. The van der Waals surface area contributed by atoms with Crippen LogP contribution in [0.15, 0.2) is 42.5 Å². The summed E-state index contributed by atoms with van der Waals surface area (Å²) in [6, 6.07) is 6.87. The predicted molar refractivity (Wildman–Crippen MR) is 206 cm³/mol.